The molecule has 0 saturated carbocycles. The van der Waals surface area contributed by atoms with Crippen LogP contribution in [0, 0.1) is 0 Å². The van der Waals surface area contributed by atoms with Crippen molar-refractivity contribution in [3.05, 3.63) is 211 Å². The number of hydrogen-bond acceptors (Lipinski definition) is 3. The number of pyridine rings is 1. The van der Waals surface area contributed by atoms with Gasteiger partial charge in [0.2, 0.25) is 0 Å². The van der Waals surface area contributed by atoms with E-state index in [9.17, 15) is 0 Å². The quantitative estimate of drug-likeness (QED) is 0.106. The van der Waals surface area contributed by atoms with Crippen molar-refractivity contribution >= 4 is 48.7 Å². The van der Waals surface area contributed by atoms with Crippen LogP contribution in [0.5, 0.6) is 0 Å². The number of benzene rings is 6. The Morgan fingerprint density at radius 2 is 0.600 bits per heavy atom. The van der Waals surface area contributed by atoms with Crippen molar-refractivity contribution in [2.75, 3.05) is 22.4 Å². The lowest BCUT2D eigenvalue weighted by molar-refractivity contribution is 0.846. The van der Waals surface area contributed by atoms with Gasteiger partial charge in [-0.15, -0.1) is 0 Å². The number of nitrogens with zero attached hydrogens (tertiary/aromatic N) is 3. The Morgan fingerprint density at radius 3 is 0.900 bits per heavy atom. The molecule has 5 heteroatoms. The van der Waals surface area contributed by atoms with E-state index in [4.69, 9.17) is 4.98 Å². The normalized spacial score (nSPS) is 11.1. The molecular formula is C45H41N3P2. The molecule has 7 aromatic rings. The molecule has 246 valence electrons. The van der Waals surface area contributed by atoms with Gasteiger partial charge in [0, 0.05) is 25.7 Å². The lowest BCUT2D eigenvalue weighted by Crippen LogP contribution is -2.31. The molecule has 7 rings (SSSR count). The Bertz CT molecular complexity index is 1790. The number of aromatic nitrogens is 1. The van der Waals surface area contributed by atoms with Crippen LogP contribution in [0.15, 0.2) is 200 Å². The van der Waals surface area contributed by atoms with Crippen LogP contribution in [-0.4, -0.2) is 17.6 Å². The SMILES string of the molecule is c1ccc(CN(CP(c2ccccc2)c2ccccc2)c2cccc(N(Cc3ccccc3)CP(c3ccccc3)c3ccccc3)n2)cc1. The summed E-state index contributed by atoms with van der Waals surface area (Å²) in [6.45, 7) is 1.55. The second kappa shape index (κ2) is 17.0. The summed E-state index contributed by atoms with van der Waals surface area (Å²) in [6.07, 6.45) is 1.71. The predicted molar refractivity (Wildman–Crippen MR) is 217 cm³/mol. The van der Waals surface area contributed by atoms with Crippen molar-refractivity contribution in [2.24, 2.45) is 0 Å². The minimum Gasteiger partial charge on any atom is -0.347 e. The van der Waals surface area contributed by atoms with Crippen molar-refractivity contribution in [3.63, 3.8) is 0 Å². The van der Waals surface area contributed by atoms with Crippen molar-refractivity contribution in [1.29, 1.82) is 0 Å². The first-order valence-electron chi connectivity index (χ1n) is 17.1. The zero-order valence-electron chi connectivity index (χ0n) is 28.1. The standard InChI is InChI=1S/C45H41N3P2/c1-7-20-38(21-8-1)34-47(36-49(40-24-11-3-12-25-40)41-26-13-4-14-27-41)44-32-19-33-45(46-44)48(35-39-22-9-2-10-23-39)37-50(42-28-15-5-16-29-42)43-30-17-6-18-31-43/h1-33H,34-37H2. The molecule has 0 saturated heterocycles. The van der Waals surface area contributed by atoms with Crippen LogP contribution in [0.4, 0.5) is 11.6 Å². The summed E-state index contributed by atoms with van der Waals surface area (Å²) in [5.74, 6) is 1.99. The van der Waals surface area contributed by atoms with E-state index in [1.165, 1.54) is 32.3 Å². The Morgan fingerprint density at radius 1 is 0.320 bits per heavy atom. The van der Waals surface area contributed by atoms with E-state index >= 15 is 0 Å². The minimum atomic E-state index is -0.674. The van der Waals surface area contributed by atoms with Gasteiger partial charge in [0.15, 0.2) is 0 Å². The fourth-order valence-electron chi connectivity index (χ4n) is 6.18. The third kappa shape index (κ3) is 8.74. The molecule has 6 aromatic carbocycles. The van der Waals surface area contributed by atoms with E-state index in [0.29, 0.717) is 0 Å². The second-order valence-electron chi connectivity index (χ2n) is 12.2. The fraction of sp³-hybridized carbons (Fsp3) is 0.0889. The molecule has 0 atom stereocenters. The van der Waals surface area contributed by atoms with E-state index < -0.39 is 15.8 Å². The van der Waals surface area contributed by atoms with Gasteiger partial charge in [-0.3, -0.25) is 0 Å². The van der Waals surface area contributed by atoms with E-state index in [0.717, 1.165) is 37.3 Å². The first kappa shape index (κ1) is 33.4. The highest BCUT2D eigenvalue weighted by atomic mass is 31.1. The number of hydrogen-bond donors (Lipinski definition) is 0. The van der Waals surface area contributed by atoms with E-state index in [1.807, 2.05) is 0 Å². The van der Waals surface area contributed by atoms with Crippen LogP contribution < -0.4 is 31.0 Å². The van der Waals surface area contributed by atoms with Gasteiger partial charge in [-0.2, -0.15) is 0 Å². The molecule has 50 heavy (non-hydrogen) atoms. The van der Waals surface area contributed by atoms with Crippen LogP contribution in [-0.2, 0) is 13.1 Å². The minimum absolute atomic E-state index is 0.674. The van der Waals surface area contributed by atoms with E-state index in [1.54, 1.807) is 0 Å². The Labute approximate surface area is 299 Å². The number of rotatable bonds is 14. The first-order valence-corrected chi connectivity index (χ1v) is 20.2. The average Bonchev–Trinajstić information content (AvgIpc) is 3.20. The Kier molecular flexibility index (Phi) is 11.4. The second-order valence-corrected chi connectivity index (χ2v) is 16.5. The lowest BCUT2D eigenvalue weighted by Gasteiger charge is -2.32. The topological polar surface area (TPSA) is 19.4 Å². The summed E-state index contributed by atoms with van der Waals surface area (Å²) in [5, 5.41) is 5.46. The Hall–Kier alpha value is -5.07. The van der Waals surface area contributed by atoms with Crippen molar-refractivity contribution in [1.82, 2.24) is 4.98 Å². The fourth-order valence-corrected chi connectivity index (χ4v) is 10.7. The van der Waals surface area contributed by atoms with E-state index in [-0.39, 0.29) is 0 Å². The maximum atomic E-state index is 5.52. The van der Waals surface area contributed by atoms with Gasteiger partial charge in [0.05, 0.1) is 0 Å². The molecule has 1 heterocycles. The summed E-state index contributed by atoms with van der Waals surface area (Å²) in [4.78, 5) is 10.5. The summed E-state index contributed by atoms with van der Waals surface area (Å²) < 4.78 is 0. The third-order valence-electron chi connectivity index (χ3n) is 8.70. The molecule has 3 nitrogen and oxygen atoms in total. The molecular weight excluding hydrogens is 644 g/mol. The van der Waals surface area contributed by atoms with Crippen molar-refractivity contribution < 1.29 is 0 Å². The molecule has 1 aromatic heterocycles. The largest absolute Gasteiger partial charge is 0.347 e. The van der Waals surface area contributed by atoms with Gasteiger partial charge >= 0.3 is 0 Å². The van der Waals surface area contributed by atoms with Crippen LogP contribution in [0.1, 0.15) is 11.1 Å². The van der Waals surface area contributed by atoms with Gasteiger partial charge in [-0.25, -0.2) is 4.98 Å². The summed E-state index contributed by atoms with van der Waals surface area (Å²) in [5.41, 5.74) is 2.54. The highest BCUT2D eigenvalue weighted by Gasteiger charge is 2.23. The molecule has 0 aliphatic heterocycles. The smallest absolute Gasteiger partial charge is 0.131 e. The molecule has 0 fully saturated rings. The van der Waals surface area contributed by atoms with Gasteiger partial charge in [-0.1, -0.05) is 188 Å². The lowest BCUT2D eigenvalue weighted by atomic mass is 10.2. The Balaban J connectivity index is 1.28. The van der Waals surface area contributed by atoms with E-state index in [2.05, 4.69) is 210 Å². The molecule has 0 amide bonds. The maximum Gasteiger partial charge on any atom is 0.131 e. The molecule has 0 radical (unpaired) electrons. The van der Waals surface area contributed by atoms with Crippen LogP contribution >= 0.6 is 15.8 Å². The van der Waals surface area contributed by atoms with Crippen molar-refractivity contribution in [3.8, 4) is 0 Å². The molecule has 0 aliphatic carbocycles. The maximum absolute atomic E-state index is 5.52. The predicted octanol–water partition coefficient (Wildman–Crippen LogP) is 9.28. The zero-order chi connectivity index (χ0) is 33.8. The summed E-state index contributed by atoms with van der Waals surface area (Å²) in [6, 6.07) is 72.1. The summed E-state index contributed by atoms with van der Waals surface area (Å²) in [7, 11) is -1.35. The van der Waals surface area contributed by atoms with Crippen LogP contribution in [0.3, 0.4) is 0 Å². The molecule has 0 N–H and O–H groups in total. The average molecular weight is 686 g/mol. The first-order chi connectivity index (χ1) is 24.8. The zero-order valence-corrected chi connectivity index (χ0v) is 29.9. The number of anilines is 2. The highest BCUT2D eigenvalue weighted by Crippen LogP contribution is 2.39. The van der Waals surface area contributed by atoms with Crippen LogP contribution in [0.25, 0.3) is 0 Å². The van der Waals surface area contributed by atoms with Crippen LogP contribution in [0.2, 0.25) is 0 Å². The van der Waals surface area contributed by atoms with Gasteiger partial charge in [-0.05, 0) is 60.3 Å². The summed E-state index contributed by atoms with van der Waals surface area (Å²) >= 11 is 0. The van der Waals surface area contributed by atoms with Gasteiger partial charge in [0.1, 0.15) is 11.6 Å². The van der Waals surface area contributed by atoms with Gasteiger partial charge < -0.3 is 9.80 Å². The molecule has 0 unspecified atom stereocenters. The molecule has 0 spiro atoms. The highest BCUT2D eigenvalue weighted by molar-refractivity contribution is 7.73. The molecule has 0 aliphatic rings. The van der Waals surface area contributed by atoms with Gasteiger partial charge in [0.25, 0.3) is 0 Å². The third-order valence-corrected chi connectivity index (χ3v) is 13.6. The molecule has 0 bridgehead atoms. The van der Waals surface area contributed by atoms with Crippen molar-refractivity contribution in [2.45, 2.75) is 13.1 Å². The monoisotopic (exact) mass is 685 g/mol.